The summed E-state index contributed by atoms with van der Waals surface area (Å²) >= 11 is 1.62. The van der Waals surface area contributed by atoms with Crippen molar-refractivity contribution in [2.75, 3.05) is 5.32 Å². The lowest BCUT2D eigenvalue weighted by Gasteiger charge is -2.11. The molecule has 4 nitrogen and oxygen atoms in total. The summed E-state index contributed by atoms with van der Waals surface area (Å²) in [7, 11) is 0. The molecule has 7 heteroatoms. The van der Waals surface area contributed by atoms with Gasteiger partial charge in [0, 0.05) is 6.42 Å². The number of nitrogens with zero attached hydrogens (tertiary/aromatic N) is 1. The van der Waals surface area contributed by atoms with Gasteiger partial charge in [-0.05, 0) is 37.1 Å². The van der Waals surface area contributed by atoms with Crippen molar-refractivity contribution in [3.63, 3.8) is 0 Å². The molecular weight excluding hydrogens is 346 g/mol. The van der Waals surface area contributed by atoms with Gasteiger partial charge < -0.3 is 10.1 Å². The van der Waals surface area contributed by atoms with Crippen LogP contribution in [0.15, 0.2) is 48.5 Å². The van der Waals surface area contributed by atoms with Crippen LogP contribution in [0.5, 0.6) is 5.75 Å². The molecule has 0 aliphatic heterocycles. The fourth-order valence-corrected chi connectivity index (χ4v) is 3.42. The highest BCUT2D eigenvalue weighted by Gasteiger charge is 2.12. The molecule has 0 unspecified atom stereocenters. The summed E-state index contributed by atoms with van der Waals surface area (Å²) in [5, 5.41) is 3.60. The Morgan fingerprint density at radius 1 is 1.16 bits per heavy atom. The average molecular weight is 362 g/mol. The Balaban J connectivity index is 1.53. The summed E-state index contributed by atoms with van der Waals surface area (Å²) in [6.07, 6.45) is 1.60. The van der Waals surface area contributed by atoms with Gasteiger partial charge >= 0.3 is 6.61 Å². The predicted molar refractivity (Wildman–Crippen MR) is 94.3 cm³/mol. The lowest BCUT2D eigenvalue weighted by Crippen LogP contribution is -2.13. The molecule has 0 saturated heterocycles. The third kappa shape index (κ3) is 4.73. The number of rotatable bonds is 7. The minimum Gasteiger partial charge on any atom is -0.433 e. The lowest BCUT2D eigenvalue weighted by atomic mass is 10.2. The molecule has 2 aromatic carbocycles. The maximum absolute atomic E-state index is 12.4. The molecular formula is C18H16F2N2O2S. The highest BCUT2D eigenvalue weighted by atomic mass is 32.1. The van der Waals surface area contributed by atoms with Gasteiger partial charge in [-0.15, -0.1) is 11.3 Å². The van der Waals surface area contributed by atoms with Crippen molar-refractivity contribution in [3.8, 4) is 5.75 Å². The van der Waals surface area contributed by atoms with Crippen molar-refractivity contribution in [3.05, 3.63) is 53.5 Å². The zero-order valence-electron chi connectivity index (χ0n) is 13.2. The minimum atomic E-state index is -2.93. The Labute approximate surface area is 147 Å². The lowest BCUT2D eigenvalue weighted by molar-refractivity contribution is -0.116. The van der Waals surface area contributed by atoms with Crippen molar-refractivity contribution >= 4 is 33.1 Å². The fraction of sp³-hybridized carbons (Fsp3) is 0.222. The van der Waals surface area contributed by atoms with E-state index in [9.17, 15) is 13.6 Å². The van der Waals surface area contributed by atoms with Crippen LogP contribution in [0, 0.1) is 0 Å². The number of anilines is 1. The predicted octanol–water partition coefficient (Wildman–Crippen LogP) is 4.86. The quantitative estimate of drug-likeness (QED) is 0.653. The molecule has 0 aliphatic carbocycles. The zero-order valence-corrected chi connectivity index (χ0v) is 14.1. The molecule has 3 aromatic rings. The summed E-state index contributed by atoms with van der Waals surface area (Å²) in [4.78, 5) is 16.6. The molecule has 1 N–H and O–H groups in total. The number of carbonyl (C=O) groups is 1. The maximum Gasteiger partial charge on any atom is 0.387 e. The van der Waals surface area contributed by atoms with Gasteiger partial charge in [-0.2, -0.15) is 8.78 Å². The molecule has 0 radical (unpaired) electrons. The number of halogens is 2. The van der Waals surface area contributed by atoms with Crippen molar-refractivity contribution in [2.45, 2.75) is 25.9 Å². The molecule has 25 heavy (non-hydrogen) atoms. The van der Waals surface area contributed by atoms with E-state index < -0.39 is 6.61 Å². The maximum atomic E-state index is 12.4. The first kappa shape index (κ1) is 17.3. The third-order valence-corrected chi connectivity index (χ3v) is 4.61. The highest BCUT2D eigenvalue weighted by Crippen LogP contribution is 2.26. The second-order valence-electron chi connectivity index (χ2n) is 5.35. The van der Waals surface area contributed by atoms with E-state index in [1.54, 1.807) is 23.5 Å². The van der Waals surface area contributed by atoms with Gasteiger partial charge in [0.15, 0.2) is 0 Å². The first-order valence-electron chi connectivity index (χ1n) is 7.80. The molecule has 0 atom stereocenters. The normalized spacial score (nSPS) is 11.0. The van der Waals surface area contributed by atoms with Gasteiger partial charge in [0.1, 0.15) is 5.75 Å². The van der Waals surface area contributed by atoms with Crippen LogP contribution < -0.4 is 10.1 Å². The number of nitrogens with one attached hydrogen (secondary N) is 1. The number of alkyl halides is 2. The van der Waals surface area contributed by atoms with Crippen molar-refractivity contribution in [1.29, 1.82) is 0 Å². The fourth-order valence-electron chi connectivity index (χ4n) is 2.41. The summed E-state index contributed by atoms with van der Waals surface area (Å²) < 4.78 is 30.3. The van der Waals surface area contributed by atoms with Crippen LogP contribution >= 0.6 is 11.3 Å². The standard InChI is InChI=1S/C18H16F2N2O2S/c19-18(20)24-14-8-3-1-6-12(14)21-16(23)10-5-11-17-22-13-7-2-4-9-15(13)25-17/h1-4,6-9,18H,5,10-11H2,(H,21,23). The summed E-state index contributed by atoms with van der Waals surface area (Å²) in [6.45, 7) is -2.93. The van der Waals surface area contributed by atoms with Crippen molar-refractivity contribution < 1.29 is 18.3 Å². The third-order valence-electron chi connectivity index (χ3n) is 3.51. The largest absolute Gasteiger partial charge is 0.433 e. The van der Waals surface area contributed by atoms with Gasteiger partial charge in [0.2, 0.25) is 5.91 Å². The smallest absolute Gasteiger partial charge is 0.387 e. The number of para-hydroxylation sites is 3. The Morgan fingerprint density at radius 3 is 2.72 bits per heavy atom. The summed E-state index contributed by atoms with van der Waals surface area (Å²) in [5.41, 5.74) is 1.21. The number of hydrogen-bond donors (Lipinski definition) is 1. The topological polar surface area (TPSA) is 51.2 Å². The number of thiazole rings is 1. The van der Waals surface area contributed by atoms with E-state index in [1.165, 1.54) is 12.1 Å². The summed E-state index contributed by atoms with van der Waals surface area (Å²) in [6, 6.07) is 14.0. The molecule has 0 bridgehead atoms. The van der Waals surface area contributed by atoms with Crippen molar-refractivity contribution in [2.24, 2.45) is 0 Å². The van der Waals surface area contributed by atoms with Gasteiger partial charge in [0.25, 0.3) is 0 Å². The van der Waals surface area contributed by atoms with Gasteiger partial charge in [-0.3, -0.25) is 4.79 Å². The summed E-state index contributed by atoms with van der Waals surface area (Å²) in [5.74, 6) is -0.288. The average Bonchev–Trinajstić information content (AvgIpc) is 2.99. The number of ether oxygens (including phenoxy) is 1. The van der Waals surface area contributed by atoms with Crippen LogP contribution in [0.4, 0.5) is 14.5 Å². The van der Waals surface area contributed by atoms with Gasteiger partial charge in [0.05, 0.1) is 20.9 Å². The van der Waals surface area contributed by atoms with E-state index >= 15 is 0 Å². The Morgan fingerprint density at radius 2 is 1.92 bits per heavy atom. The molecule has 0 fully saturated rings. The highest BCUT2D eigenvalue weighted by molar-refractivity contribution is 7.18. The molecule has 1 heterocycles. The van der Waals surface area contributed by atoms with E-state index in [-0.39, 0.29) is 23.8 Å². The van der Waals surface area contributed by atoms with E-state index in [2.05, 4.69) is 15.0 Å². The molecule has 1 amide bonds. The van der Waals surface area contributed by atoms with Crippen LogP contribution in [-0.2, 0) is 11.2 Å². The molecule has 3 rings (SSSR count). The molecule has 0 saturated carbocycles. The van der Waals surface area contributed by atoms with Crippen molar-refractivity contribution in [1.82, 2.24) is 4.98 Å². The van der Waals surface area contributed by atoms with Crippen LogP contribution in [0.3, 0.4) is 0 Å². The molecule has 1 aromatic heterocycles. The Kier molecular flexibility index (Phi) is 5.55. The van der Waals surface area contributed by atoms with Gasteiger partial charge in [-0.1, -0.05) is 24.3 Å². The van der Waals surface area contributed by atoms with Crippen LogP contribution in [-0.4, -0.2) is 17.5 Å². The number of aromatic nitrogens is 1. The van der Waals surface area contributed by atoms with Gasteiger partial charge in [-0.25, -0.2) is 4.98 Å². The molecule has 0 aliphatic rings. The number of benzene rings is 2. The van der Waals surface area contributed by atoms with Crippen LogP contribution in [0.1, 0.15) is 17.8 Å². The van der Waals surface area contributed by atoms with E-state index in [4.69, 9.17) is 0 Å². The van der Waals surface area contributed by atoms with Crippen LogP contribution in [0.2, 0.25) is 0 Å². The SMILES string of the molecule is O=C(CCCc1nc2ccccc2s1)Nc1ccccc1OC(F)F. The van der Waals surface area contributed by atoms with Crippen LogP contribution in [0.25, 0.3) is 10.2 Å². The van der Waals surface area contributed by atoms with E-state index in [0.717, 1.165) is 15.2 Å². The number of aryl methyl sites for hydroxylation is 1. The Hall–Kier alpha value is -2.54. The first-order chi connectivity index (χ1) is 12.1. The number of fused-ring (bicyclic) bond motifs is 1. The molecule has 130 valence electrons. The second-order valence-corrected chi connectivity index (χ2v) is 6.47. The Bertz CT molecular complexity index is 834. The number of hydrogen-bond acceptors (Lipinski definition) is 4. The van der Waals surface area contributed by atoms with E-state index in [1.807, 2.05) is 24.3 Å². The second kappa shape index (κ2) is 8.02. The first-order valence-corrected chi connectivity index (χ1v) is 8.61. The zero-order chi connectivity index (χ0) is 17.6. The molecule has 0 spiro atoms. The number of carbonyl (C=O) groups excluding carboxylic acids is 1. The monoisotopic (exact) mass is 362 g/mol. The number of amides is 1. The minimum absolute atomic E-state index is 0.0444. The van der Waals surface area contributed by atoms with E-state index in [0.29, 0.717) is 12.8 Å².